The minimum absolute atomic E-state index is 0.143. The molecule has 1 atom stereocenters. The summed E-state index contributed by atoms with van der Waals surface area (Å²) in [5.41, 5.74) is 2.18. The molecule has 0 spiro atoms. The summed E-state index contributed by atoms with van der Waals surface area (Å²) in [6.45, 7) is 0.982. The van der Waals surface area contributed by atoms with Crippen molar-refractivity contribution in [3.05, 3.63) is 29.6 Å². The predicted molar refractivity (Wildman–Crippen MR) is 56.1 cm³/mol. The van der Waals surface area contributed by atoms with Crippen LogP contribution in [0, 0.1) is 5.82 Å². The second-order valence-corrected chi connectivity index (χ2v) is 4.11. The lowest BCUT2D eigenvalue weighted by Gasteiger charge is -2.16. The van der Waals surface area contributed by atoms with E-state index in [1.54, 1.807) is 6.07 Å². The van der Waals surface area contributed by atoms with E-state index in [1.807, 2.05) is 20.2 Å². The molecule has 1 aliphatic heterocycles. The smallest absolute Gasteiger partial charge is 0.123 e. The van der Waals surface area contributed by atoms with Gasteiger partial charge in [-0.1, -0.05) is 0 Å². The fourth-order valence-corrected chi connectivity index (χ4v) is 1.96. The van der Waals surface area contributed by atoms with Crippen LogP contribution in [0.2, 0.25) is 0 Å². The normalized spacial score (nSPS) is 19.6. The molecule has 14 heavy (non-hydrogen) atoms. The highest BCUT2D eigenvalue weighted by molar-refractivity contribution is 5.56. The molecule has 0 saturated heterocycles. The van der Waals surface area contributed by atoms with Crippen LogP contribution in [-0.4, -0.2) is 31.6 Å². The summed E-state index contributed by atoms with van der Waals surface area (Å²) >= 11 is 0. The SMILES string of the molecule is CN(C)CC1Cc2cc(F)ccc2N1. The number of nitrogens with zero attached hydrogens (tertiary/aromatic N) is 1. The maximum atomic E-state index is 12.9. The second kappa shape index (κ2) is 3.58. The lowest BCUT2D eigenvalue weighted by Crippen LogP contribution is -2.30. The maximum absolute atomic E-state index is 12.9. The van der Waals surface area contributed by atoms with Crippen molar-refractivity contribution in [2.45, 2.75) is 12.5 Å². The van der Waals surface area contributed by atoms with E-state index < -0.39 is 0 Å². The first kappa shape index (κ1) is 9.46. The number of benzene rings is 1. The van der Waals surface area contributed by atoms with Crippen molar-refractivity contribution in [1.82, 2.24) is 4.90 Å². The molecule has 1 aromatic carbocycles. The van der Waals surface area contributed by atoms with Crippen LogP contribution in [-0.2, 0) is 6.42 Å². The third kappa shape index (κ3) is 1.87. The Morgan fingerprint density at radius 2 is 2.29 bits per heavy atom. The van der Waals surface area contributed by atoms with E-state index in [0.29, 0.717) is 6.04 Å². The van der Waals surface area contributed by atoms with E-state index in [0.717, 1.165) is 24.2 Å². The minimum atomic E-state index is -0.143. The van der Waals surface area contributed by atoms with Crippen molar-refractivity contribution in [3.8, 4) is 0 Å². The molecule has 1 heterocycles. The Balaban J connectivity index is 2.10. The predicted octanol–water partition coefficient (Wildman–Crippen LogP) is 1.72. The Morgan fingerprint density at radius 3 is 3.00 bits per heavy atom. The highest BCUT2D eigenvalue weighted by atomic mass is 19.1. The number of fused-ring (bicyclic) bond motifs is 1. The van der Waals surface area contributed by atoms with Gasteiger partial charge in [-0.15, -0.1) is 0 Å². The zero-order valence-electron chi connectivity index (χ0n) is 8.55. The van der Waals surface area contributed by atoms with Crippen LogP contribution in [0.5, 0.6) is 0 Å². The number of hydrogen-bond donors (Lipinski definition) is 1. The largest absolute Gasteiger partial charge is 0.380 e. The van der Waals surface area contributed by atoms with Gasteiger partial charge >= 0.3 is 0 Å². The quantitative estimate of drug-likeness (QED) is 0.771. The molecule has 0 radical (unpaired) electrons. The third-order valence-corrected chi connectivity index (χ3v) is 2.48. The molecule has 2 rings (SSSR count). The summed E-state index contributed by atoms with van der Waals surface area (Å²) in [6.07, 6.45) is 0.922. The monoisotopic (exact) mass is 194 g/mol. The molecule has 1 aromatic rings. The lowest BCUT2D eigenvalue weighted by molar-refractivity contribution is 0.386. The molecule has 0 aromatic heterocycles. The van der Waals surface area contributed by atoms with Crippen molar-refractivity contribution in [1.29, 1.82) is 0 Å². The van der Waals surface area contributed by atoms with Crippen LogP contribution in [0.3, 0.4) is 0 Å². The maximum Gasteiger partial charge on any atom is 0.123 e. The zero-order chi connectivity index (χ0) is 10.1. The van der Waals surface area contributed by atoms with Gasteiger partial charge in [0.05, 0.1) is 0 Å². The first-order chi connectivity index (χ1) is 6.65. The Labute approximate surface area is 83.7 Å². The van der Waals surface area contributed by atoms with Gasteiger partial charge in [-0.2, -0.15) is 0 Å². The van der Waals surface area contributed by atoms with Crippen molar-refractivity contribution < 1.29 is 4.39 Å². The Kier molecular flexibility index (Phi) is 2.42. The molecule has 0 fully saturated rings. The summed E-state index contributed by atoms with van der Waals surface area (Å²) in [6, 6.07) is 5.36. The summed E-state index contributed by atoms with van der Waals surface area (Å²) in [7, 11) is 4.09. The molecule has 2 nitrogen and oxygen atoms in total. The van der Waals surface area contributed by atoms with Crippen LogP contribution in [0.25, 0.3) is 0 Å². The first-order valence-corrected chi connectivity index (χ1v) is 4.85. The number of anilines is 1. The van der Waals surface area contributed by atoms with Gasteiger partial charge in [0.1, 0.15) is 5.82 Å². The fourth-order valence-electron chi connectivity index (χ4n) is 1.96. The van der Waals surface area contributed by atoms with E-state index in [1.165, 1.54) is 6.07 Å². The number of nitrogens with one attached hydrogen (secondary N) is 1. The average molecular weight is 194 g/mol. The molecule has 1 unspecified atom stereocenters. The van der Waals surface area contributed by atoms with Gasteiger partial charge in [-0.05, 0) is 44.3 Å². The van der Waals surface area contributed by atoms with Gasteiger partial charge in [0.15, 0.2) is 0 Å². The number of halogens is 1. The minimum Gasteiger partial charge on any atom is -0.380 e. The second-order valence-electron chi connectivity index (χ2n) is 4.11. The number of hydrogen-bond acceptors (Lipinski definition) is 2. The summed E-state index contributed by atoms with van der Waals surface area (Å²) in [5.74, 6) is -0.143. The van der Waals surface area contributed by atoms with E-state index in [2.05, 4.69) is 10.2 Å². The summed E-state index contributed by atoms with van der Waals surface area (Å²) < 4.78 is 12.9. The van der Waals surface area contributed by atoms with Crippen molar-refractivity contribution >= 4 is 5.69 Å². The lowest BCUT2D eigenvalue weighted by atomic mass is 10.1. The standard InChI is InChI=1S/C11H15FN2/c1-14(2)7-10-6-8-5-9(12)3-4-11(8)13-10/h3-5,10,13H,6-7H2,1-2H3. The van der Waals surface area contributed by atoms with E-state index >= 15 is 0 Å². The van der Waals surface area contributed by atoms with Crippen LogP contribution < -0.4 is 5.32 Å². The van der Waals surface area contributed by atoms with E-state index in [-0.39, 0.29) is 5.82 Å². The highest BCUT2D eigenvalue weighted by Gasteiger charge is 2.20. The average Bonchev–Trinajstić information content (AvgIpc) is 2.44. The third-order valence-electron chi connectivity index (χ3n) is 2.48. The van der Waals surface area contributed by atoms with Crippen LogP contribution in [0.4, 0.5) is 10.1 Å². The summed E-state index contributed by atoms with van der Waals surface area (Å²) in [5, 5.41) is 3.38. The molecule has 1 aliphatic rings. The van der Waals surface area contributed by atoms with Gasteiger partial charge in [-0.3, -0.25) is 0 Å². The summed E-state index contributed by atoms with van der Waals surface area (Å²) in [4.78, 5) is 2.14. The molecule has 3 heteroatoms. The molecule has 1 N–H and O–H groups in total. The van der Waals surface area contributed by atoms with Gasteiger partial charge in [0, 0.05) is 18.3 Å². The molecular weight excluding hydrogens is 179 g/mol. The van der Waals surface area contributed by atoms with Crippen molar-refractivity contribution in [3.63, 3.8) is 0 Å². The molecule has 76 valence electrons. The molecule has 0 aliphatic carbocycles. The Bertz CT molecular complexity index is 336. The Morgan fingerprint density at radius 1 is 1.50 bits per heavy atom. The van der Waals surface area contributed by atoms with Crippen LogP contribution in [0.1, 0.15) is 5.56 Å². The zero-order valence-corrected chi connectivity index (χ0v) is 8.55. The van der Waals surface area contributed by atoms with Gasteiger partial charge in [0.25, 0.3) is 0 Å². The molecule has 0 amide bonds. The Hall–Kier alpha value is -1.09. The van der Waals surface area contributed by atoms with E-state index in [4.69, 9.17) is 0 Å². The molecule has 0 bridgehead atoms. The van der Waals surface area contributed by atoms with Gasteiger partial charge < -0.3 is 10.2 Å². The number of rotatable bonds is 2. The van der Waals surface area contributed by atoms with E-state index in [9.17, 15) is 4.39 Å². The highest BCUT2D eigenvalue weighted by Crippen LogP contribution is 2.26. The van der Waals surface area contributed by atoms with Crippen LogP contribution in [0.15, 0.2) is 18.2 Å². The van der Waals surface area contributed by atoms with Crippen LogP contribution >= 0.6 is 0 Å². The van der Waals surface area contributed by atoms with Crippen molar-refractivity contribution in [2.75, 3.05) is 26.0 Å². The first-order valence-electron chi connectivity index (χ1n) is 4.85. The molecular formula is C11H15FN2. The molecule has 0 saturated carbocycles. The van der Waals surface area contributed by atoms with Crippen molar-refractivity contribution in [2.24, 2.45) is 0 Å². The number of likely N-dealkylation sites (N-methyl/N-ethyl adjacent to an activating group) is 1. The van der Waals surface area contributed by atoms with Gasteiger partial charge in [0.2, 0.25) is 0 Å². The topological polar surface area (TPSA) is 15.3 Å². The van der Waals surface area contributed by atoms with Gasteiger partial charge in [-0.25, -0.2) is 4.39 Å². The fraction of sp³-hybridized carbons (Fsp3) is 0.455.